The number of hydrogen-bond donors (Lipinski definition) is 1. The molecule has 0 aromatic heterocycles. The molecule has 3 nitrogen and oxygen atoms in total. The molecule has 128 valence electrons. The van der Waals surface area contributed by atoms with E-state index >= 15 is 0 Å². The van der Waals surface area contributed by atoms with Crippen LogP contribution in [0.15, 0.2) is 48.5 Å². The van der Waals surface area contributed by atoms with Crippen molar-refractivity contribution in [1.29, 1.82) is 0 Å². The molecule has 1 N–H and O–H groups in total. The number of likely N-dealkylation sites (N-methyl/N-ethyl adjacent to an activating group) is 1. The largest absolute Gasteiger partial charge is 0.354 e. The molecule has 2 rings (SSSR count). The molecule has 0 saturated heterocycles. The molecule has 0 spiro atoms. The Labute approximate surface area is 143 Å². The summed E-state index contributed by atoms with van der Waals surface area (Å²) in [7, 11) is 1.96. The molecule has 4 heteroatoms. The summed E-state index contributed by atoms with van der Waals surface area (Å²) >= 11 is 0. The maximum Gasteiger partial charge on any atom is 0.237 e. The van der Waals surface area contributed by atoms with Crippen LogP contribution in [0.5, 0.6) is 0 Å². The van der Waals surface area contributed by atoms with Crippen molar-refractivity contribution in [2.75, 3.05) is 13.6 Å². The molecule has 1 unspecified atom stereocenters. The van der Waals surface area contributed by atoms with Crippen LogP contribution in [0.1, 0.15) is 23.6 Å². The van der Waals surface area contributed by atoms with E-state index in [9.17, 15) is 9.18 Å². The summed E-state index contributed by atoms with van der Waals surface area (Å²) in [5.74, 6) is -0.234. The van der Waals surface area contributed by atoms with E-state index in [0.29, 0.717) is 13.0 Å². The number of aryl methyl sites for hydroxylation is 1. The Morgan fingerprint density at radius 3 is 2.50 bits per heavy atom. The molecule has 0 fully saturated rings. The highest BCUT2D eigenvalue weighted by molar-refractivity contribution is 5.81. The van der Waals surface area contributed by atoms with Gasteiger partial charge in [0.1, 0.15) is 5.82 Å². The van der Waals surface area contributed by atoms with Gasteiger partial charge in [-0.1, -0.05) is 36.4 Å². The fourth-order valence-electron chi connectivity index (χ4n) is 2.52. The zero-order valence-electron chi connectivity index (χ0n) is 14.6. The first-order valence-corrected chi connectivity index (χ1v) is 8.24. The Kier molecular flexibility index (Phi) is 6.50. The summed E-state index contributed by atoms with van der Waals surface area (Å²) in [4.78, 5) is 14.3. The molecule has 2 aromatic rings. The van der Waals surface area contributed by atoms with E-state index in [1.54, 1.807) is 12.1 Å². The first kappa shape index (κ1) is 18.1. The Morgan fingerprint density at radius 1 is 1.17 bits per heavy atom. The minimum Gasteiger partial charge on any atom is -0.354 e. The third-order valence-electron chi connectivity index (χ3n) is 4.35. The van der Waals surface area contributed by atoms with Gasteiger partial charge in [-0.05, 0) is 56.1 Å². The van der Waals surface area contributed by atoms with Gasteiger partial charge in [0.2, 0.25) is 5.91 Å². The summed E-state index contributed by atoms with van der Waals surface area (Å²) in [6.45, 7) is 5.27. The number of nitrogens with zero attached hydrogens (tertiary/aromatic N) is 1. The summed E-state index contributed by atoms with van der Waals surface area (Å²) in [5, 5.41) is 2.95. The SMILES string of the molecule is Cc1ccccc1CN(C)C(C)C(=O)NCCc1ccc(F)cc1. The number of rotatable bonds is 7. The standard InChI is InChI=1S/C20H25FN2O/c1-15-6-4-5-7-18(15)14-23(3)16(2)20(24)22-13-12-17-8-10-19(21)11-9-17/h4-11,16H,12-14H2,1-3H3,(H,22,24). The van der Waals surface area contributed by atoms with Gasteiger partial charge in [0.25, 0.3) is 0 Å². The van der Waals surface area contributed by atoms with Crippen molar-refractivity contribution in [3.05, 3.63) is 71.0 Å². The zero-order chi connectivity index (χ0) is 17.5. The van der Waals surface area contributed by atoms with Crippen LogP contribution in [0, 0.1) is 12.7 Å². The Balaban J connectivity index is 1.80. The van der Waals surface area contributed by atoms with Gasteiger partial charge in [0, 0.05) is 13.1 Å². The van der Waals surface area contributed by atoms with E-state index in [0.717, 1.165) is 12.1 Å². The molecule has 1 amide bonds. The van der Waals surface area contributed by atoms with Crippen molar-refractivity contribution in [2.45, 2.75) is 32.9 Å². The Bertz CT molecular complexity index is 670. The quantitative estimate of drug-likeness (QED) is 0.846. The van der Waals surface area contributed by atoms with Crippen LogP contribution >= 0.6 is 0 Å². The lowest BCUT2D eigenvalue weighted by Gasteiger charge is -2.24. The summed E-state index contributed by atoms with van der Waals surface area (Å²) in [6, 6.07) is 14.4. The zero-order valence-corrected chi connectivity index (χ0v) is 14.6. The van der Waals surface area contributed by atoms with Crippen LogP contribution in [0.3, 0.4) is 0 Å². The van der Waals surface area contributed by atoms with Gasteiger partial charge in [-0.15, -0.1) is 0 Å². The van der Waals surface area contributed by atoms with Gasteiger partial charge in [0.15, 0.2) is 0 Å². The highest BCUT2D eigenvalue weighted by Gasteiger charge is 2.18. The predicted octanol–water partition coefficient (Wildman–Crippen LogP) is 3.31. The van der Waals surface area contributed by atoms with Crippen LogP contribution in [0.2, 0.25) is 0 Å². The number of halogens is 1. The molecule has 24 heavy (non-hydrogen) atoms. The van der Waals surface area contributed by atoms with E-state index in [1.165, 1.54) is 23.3 Å². The topological polar surface area (TPSA) is 32.3 Å². The maximum atomic E-state index is 12.9. The first-order chi connectivity index (χ1) is 11.5. The number of carbonyl (C=O) groups is 1. The molecule has 0 bridgehead atoms. The van der Waals surface area contributed by atoms with Gasteiger partial charge >= 0.3 is 0 Å². The fraction of sp³-hybridized carbons (Fsp3) is 0.350. The minimum atomic E-state index is -0.241. The second-order valence-corrected chi connectivity index (χ2v) is 6.19. The van der Waals surface area contributed by atoms with Crippen LogP contribution in [0.25, 0.3) is 0 Å². The third kappa shape index (κ3) is 5.17. The van der Waals surface area contributed by atoms with Crippen molar-refractivity contribution in [3.8, 4) is 0 Å². The second kappa shape index (κ2) is 8.60. The molecule has 0 aliphatic heterocycles. The number of carbonyl (C=O) groups excluding carboxylic acids is 1. The van der Waals surface area contributed by atoms with Gasteiger partial charge in [0.05, 0.1) is 6.04 Å². The smallest absolute Gasteiger partial charge is 0.237 e. The highest BCUT2D eigenvalue weighted by atomic mass is 19.1. The lowest BCUT2D eigenvalue weighted by Crippen LogP contribution is -2.43. The predicted molar refractivity (Wildman–Crippen MR) is 95.2 cm³/mol. The van der Waals surface area contributed by atoms with Crippen LogP contribution in [0.4, 0.5) is 4.39 Å². The van der Waals surface area contributed by atoms with Crippen molar-refractivity contribution in [3.63, 3.8) is 0 Å². The first-order valence-electron chi connectivity index (χ1n) is 8.24. The lowest BCUT2D eigenvalue weighted by atomic mass is 10.1. The summed E-state index contributed by atoms with van der Waals surface area (Å²) < 4.78 is 12.9. The van der Waals surface area contributed by atoms with Gasteiger partial charge in [-0.2, -0.15) is 0 Å². The molecule has 0 saturated carbocycles. The molecule has 0 aliphatic rings. The molecule has 0 radical (unpaired) electrons. The normalized spacial score (nSPS) is 12.2. The monoisotopic (exact) mass is 328 g/mol. The van der Waals surface area contributed by atoms with Gasteiger partial charge < -0.3 is 5.32 Å². The second-order valence-electron chi connectivity index (χ2n) is 6.19. The summed E-state index contributed by atoms with van der Waals surface area (Å²) in [5.41, 5.74) is 3.47. The van der Waals surface area contributed by atoms with E-state index in [4.69, 9.17) is 0 Å². The van der Waals surface area contributed by atoms with Crippen LogP contribution in [-0.4, -0.2) is 30.4 Å². The maximum absolute atomic E-state index is 12.9. The molecule has 1 atom stereocenters. The number of benzene rings is 2. The van der Waals surface area contributed by atoms with E-state index < -0.39 is 0 Å². The third-order valence-corrected chi connectivity index (χ3v) is 4.35. The summed E-state index contributed by atoms with van der Waals surface area (Å²) in [6.07, 6.45) is 0.695. The minimum absolute atomic E-state index is 0.00759. The van der Waals surface area contributed by atoms with Gasteiger partial charge in [-0.25, -0.2) is 4.39 Å². The van der Waals surface area contributed by atoms with Crippen LogP contribution < -0.4 is 5.32 Å². The number of nitrogens with one attached hydrogen (secondary N) is 1. The average molecular weight is 328 g/mol. The van der Waals surface area contributed by atoms with E-state index in [1.807, 2.05) is 31.0 Å². The molecule has 0 heterocycles. The van der Waals surface area contributed by atoms with Gasteiger partial charge in [-0.3, -0.25) is 9.69 Å². The molecule has 0 aliphatic carbocycles. The molecular formula is C20H25FN2O. The van der Waals surface area contributed by atoms with E-state index in [2.05, 4.69) is 24.4 Å². The Morgan fingerprint density at radius 2 is 1.83 bits per heavy atom. The number of hydrogen-bond acceptors (Lipinski definition) is 2. The van der Waals surface area contributed by atoms with Crippen molar-refractivity contribution >= 4 is 5.91 Å². The fourth-order valence-corrected chi connectivity index (χ4v) is 2.52. The van der Waals surface area contributed by atoms with Crippen molar-refractivity contribution < 1.29 is 9.18 Å². The van der Waals surface area contributed by atoms with Crippen molar-refractivity contribution in [2.24, 2.45) is 0 Å². The highest BCUT2D eigenvalue weighted by Crippen LogP contribution is 2.11. The molecular weight excluding hydrogens is 303 g/mol. The Hall–Kier alpha value is -2.20. The lowest BCUT2D eigenvalue weighted by molar-refractivity contribution is -0.125. The van der Waals surface area contributed by atoms with Crippen LogP contribution in [-0.2, 0) is 17.8 Å². The number of amides is 1. The molecule has 2 aromatic carbocycles. The van der Waals surface area contributed by atoms with E-state index in [-0.39, 0.29) is 17.8 Å². The van der Waals surface area contributed by atoms with Crippen molar-refractivity contribution in [1.82, 2.24) is 10.2 Å². The average Bonchev–Trinajstić information content (AvgIpc) is 2.58.